The molecule has 13 heavy (non-hydrogen) atoms. The van der Waals surface area contributed by atoms with Gasteiger partial charge in [-0.05, 0) is 23.6 Å². The van der Waals surface area contributed by atoms with Crippen LogP contribution < -0.4 is 0 Å². The van der Waals surface area contributed by atoms with Crippen LogP contribution in [0.3, 0.4) is 0 Å². The van der Waals surface area contributed by atoms with Crippen molar-refractivity contribution in [3.8, 4) is 0 Å². The molecule has 0 saturated heterocycles. The molecule has 0 atom stereocenters. The summed E-state index contributed by atoms with van der Waals surface area (Å²) in [5.74, 6) is 0.0758. The minimum atomic E-state index is 0.0758. The highest BCUT2D eigenvalue weighted by Crippen LogP contribution is 2.14. The minimum absolute atomic E-state index is 0.0758. The minimum Gasteiger partial charge on any atom is -0.288 e. The number of ketones is 1. The topological polar surface area (TPSA) is 17.1 Å². The van der Waals surface area contributed by atoms with E-state index in [0.29, 0.717) is 5.56 Å². The molecule has 1 aromatic heterocycles. The lowest BCUT2D eigenvalue weighted by molar-refractivity contribution is 0.104. The van der Waals surface area contributed by atoms with Crippen LogP contribution in [-0.2, 0) is 0 Å². The normalized spacial score (nSPS) is 9.85. The third kappa shape index (κ3) is 1.68. The van der Waals surface area contributed by atoms with Crippen molar-refractivity contribution in [3.05, 3.63) is 58.3 Å². The molecule has 0 aliphatic heterocycles. The van der Waals surface area contributed by atoms with Crippen LogP contribution >= 0.6 is 11.3 Å². The molecule has 0 saturated carbocycles. The monoisotopic (exact) mass is 187 g/mol. The Morgan fingerprint density at radius 2 is 2.23 bits per heavy atom. The summed E-state index contributed by atoms with van der Waals surface area (Å²) in [6.07, 6.45) is 0. The standard InChI is InChI=1S/C11H7OS/c12-11(10-7-4-8-13-10)9-5-2-1-3-6-9/h1-2,4-8H. The van der Waals surface area contributed by atoms with E-state index >= 15 is 0 Å². The summed E-state index contributed by atoms with van der Waals surface area (Å²) in [6, 6.07) is 13.7. The molecule has 0 fully saturated rings. The van der Waals surface area contributed by atoms with Gasteiger partial charge in [-0.3, -0.25) is 4.79 Å². The average molecular weight is 187 g/mol. The largest absolute Gasteiger partial charge is 0.288 e. The van der Waals surface area contributed by atoms with Gasteiger partial charge in [0.05, 0.1) is 4.88 Å². The van der Waals surface area contributed by atoms with Crippen molar-refractivity contribution in [2.24, 2.45) is 0 Å². The van der Waals surface area contributed by atoms with E-state index in [1.54, 1.807) is 18.2 Å². The highest BCUT2D eigenvalue weighted by Gasteiger charge is 2.07. The highest BCUT2D eigenvalue weighted by molar-refractivity contribution is 7.12. The molecule has 0 aliphatic rings. The van der Waals surface area contributed by atoms with Crippen LogP contribution in [0.15, 0.2) is 41.8 Å². The Morgan fingerprint density at radius 3 is 2.85 bits per heavy atom. The van der Waals surface area contributed by atoms with Crippen LogP contribution in [0.2, 0.25) is 0 Å². The molecule has 1 nitrogen and oxygen atoms in total. The van der Waals surface area contributed by atoms with Crippen molar-refractivity contribution in [2.45, 2.75) is 0 Å². The van der Waals surface area contributed by atoms with Gasteiger partial charge in [-0.15, -0.1) is 11.3 Å². The second-order valence-corrected chi connectivity index (χ2v) is 3.55. The SMILES string of the molecule is O=C(c1c[c]ccc1)c1cccs1. The van der Waals surface area contributed by atoms with Crippen LogP contribution in [0.25, 0.3) is 0 Å². The van der Waals surface area contributed by atoms with E-state index in [1.807, 2.05) is 23.6 Å². The fourth-order valence-corrected chi connectivity index (χ4v) is 1.77. The lowest BCUT2D eigenvalue weighted by Crippen LogP contribution is -1.97. The number of thiophene rings is 1. The van der Waals surface area contributed by atoms with Crippen LogP contribution in [0, 0.1) is 6.07 Å². The summed E-state index contributed by atoms with van der Waals surface area (Å²) in [5, 5.41) is 1.90. The second kappa shape index (κ2) is 3.54. The van der Waals surface area contributed by atoms with Crippen LogP contribution in [0.5, 0.6) is 0 Å². The maximum atomic E-state index is 11.7. The van der Waals surface area contributed by atoms with Crippen LogP contribution in [0.1, 0.15) is 15.2 Å². The molecular formula is C11H7OS. The van der Waals surface area contributed by atoms with E-state index in [2.05, 4.69) is 6.07 Å². The van der Waals surface area contributed by atoms with Gasteiger partial charge in [0.15, 0.2) is 0 Å². The van der Waals surface area contributed by atoms with Gasteiger partial charge in [-0.25, -0.2) is 0 Å². The van der Waals surface area contributed by atoms with Gasteiger partial charge in [0.2, 0.25) is 5.78 Å². The molecule has 0 spiro atoms. The Hall–Kier alpha value is -1.41. The zero-order chi connectivity index (χ0) is 9.10. The zero-order valence-corrected chi connectivity index (χ0v) is 7.67. The fraction of sp³-hybridized carbons (Fsp3) is 0. The lowest BCUT2D eigenvalue weighted by Gasteiger charge is -1.95. The molecule has 0 bridgehead atoms. The highest BCUT2D eigenvalue weighted by atomic mass is 32.1. The maximum absolute atomic E-state index is 11.7. The first-order valence-corrected chi connectivity index (χ1v) is 4.80. The summed E-state index contributed by atoms with van der Waals surface area (Å²) < 4.78 is 0. The second-order valence-electron chi connectivity index (χ2n) is 2.60. The average Bonchev–Trinajstić information content (AvgIpc) is 2.71. The van der Waals surface area contributed by atoms with Crippen molar-refractivity contribution >= 4 is 17.1 Å². The van der Waals surface area contributed by atoms with E-state index in [9.17, 15) is 4.79 Å². The third-order valence-electron chi connectivity index (χ3n) is 1.71. The number of carbonyl (C=O) groups is 1. The summed E-state index contributed by atoms with van der Waals surface area (Å²) in [6.45, 7) is 0. The van der Waals surface area contributed by atoms with E-state index in [4.69, 9.17) is 0 Å². The number of hydrogen-bond acceptors (Lipinski definition) is 2. The molecule has 2 rings (SSSR count). The van der Waals surface area contributed by atoms with Crippen molar-refractivity contribution in [2.75, 3.05) is 0 Å². The Labute approximate surface area is 80.7 Å². The molecular weight excluding hydrogens is 180 g/mol. The van der Waals surface area contributed by atoms with Crippen LogP contribution in [0.4, 0.5) is 0 Å². The van der Waals surface area contributed by atoms with Gasteiger partial charge in [0.1, 0.15) is 0 Å². The van der Waals surface area contributed by atoms with Gasteiger partial charge in [-0.2, -0.15) is 0 Å². The lowest BCUT2D eigenvalue weighted by atomic mass is 10.1. The summed E-state index contributed by atoms with van der Waals surface area (Å²) >= 11 is 1.46. The molecule has 1 radical (unpaired) electrons. The predicted molar refractivity (Wildman–Crippen MR) is 53.0 cm³/mol. The van der Waals surface area contributed by atoms with Gasteiger partial charge in [0.25, 0.3) is 0 Å². The Bertz CT molecular complexity index is 389. The number of carbonyl (C=O) groups excluding carboxylic acids is 1. The quantitative estimate of drug-likeness (QED) is 0.661. The molecule has 2 aromatic rings. The smallest absolute Gasteiger partial charge is 0.202 e. The third-order valence-corrected chi connectivity index (χ3v) is 2.58. The van der Waals surface area contributed by atoms with Crippen molar-refractivity contribution in [1.29, 1.82) is 0 Å². The fourth-order valence-electron chi connectivity index (χ4n) is 1.08. The van der Waals surface area contributed by atoms with E-state index < -0.39 is 0 Å². The molecule has 1 aromatic carbocycles. The van der Waals surface area contributed by atoms with Gasteiger partial charge in [-0.1, -0.05) is 24.3 Å². The maximum Gasteiger partial charge on any atom is 0.202 e. The van der Waals surface area contributed by atoms with E-state index in [1.165, 1.54) is 11.3 Å². The number of hydrogen-bond donors (Lipinski definition) is 0. The van der Waals surface area contributed by atoms with Crippen molar-refractivity contribution in [1.82, 2.24) is 0 Å². The van der Waals surface area contributed by atoms with Gasteiger partial charge < -0.3 is 0 Å². The predicted octanol–water partition coefficient (Wildman–Crippen LogP) is 2.78. The van der Waals surface area contributed by atoms with Gasteiger partial charge >= 0.3 is 0 Å². The number of rotatable bonds is 2. The van der Waals surface area contributed by atoms with Gasteiger partial charge in [0, 0.05) is 5.56 Å². The molecule has 0 unspecified atom stereocenters. The first-order chi connectivity index (χ1) is 6.38. The first kappa shape index (κ1) is 8.20. The first-order valence-electron chi connectivity index (χ1n) is 3.92. The Balaban J connectivity index is 2.34. The summed E-state index contributed by atoms with van der Waals surface area (Å²) in [5.41, 5.74) is 0.699. The Morgan fingerprint density at radius 1 is 1.31 bits per heavy atom. The molecule has 0 amide bonds. The van der Waals surface area contributed by atoms with Crippen molar-refractivity contribution < 1.29 is 4.79 Å². The summed E-state index contributed by atoms with van der Waals surface area (Å²) in [7, 11) is 0. The summed E-state index contributed by atoms with van der Waals surface area (Å²) in [4.78, 5) is 12.5. The molecule has 1 heterocycles. The molecule has 2 heteroatoms. The molecule has 63 valence electrons. The molecule has 0 aliphatic carbocycles. The Kier molecular flexibility index (Phi) is 2.23. The number of benzene rings is 1. The van der Waals surface area contributed by atoms with E-state index in [-0.39, 0.29) is 5.78 Å². The zero-order valence-electron chi connectivity index (χ0n) is 6.86. The molecule has 0 N–H and O–H groups in total. The van der Waals surface area contributed by atoms with Crippen molar-refractivity contribution in [3.63, 3.8) is 0 Å². The van der Waals surface area contributed by atoms with E-state index in [0.717, 1.165) is 4.88 Å². The van der Waals surface area contributed by atoms with Crippen LogP contribution in [-0.4, -0.2) is 5.78 Å².